The number of Topliss-reactive ketones (excluding diaryl/α,β-unsaturated/α-hetero) is 1. The third-order valence-corrected chi connectivity index (χ3v) is 5.62. The van der Waals surface area contributed by atoms with E-state index in [2.05, 4.69) is 4.90 Å². The van der Waals surface area contributed by atoms with Gasteiger partial charge in [0.15, 0.2) is 11.2 Å². The zero-order valence-electron chi connectivity index (χ0n) is 16.1. The van der Waals surface area contributed by atoms with Gasteiger partial charge in [0, 0.05) is 31.1 Å². The lowest BCUT2D eigenvalue weighted by Gasteiger charge is -2.16. The summed E-state index contributed by atoms with van der Waals surface area (Å²) in [6.07, 6.45) is -1.85. The first-order chi connectivity index (χ1) is 14.3. The Morgan fingerprint density at radius 1 is 1.10 bits per heavy atom. The van der Waals surface area contributed by atoms with E-state index in [-0.39, 0.29) is 17.1 Å². The topological polar surface area (TPSA) is 50.5 Å². The summed E-state index contributed by atoms with van der Waals surface area (Å²) in [6, 6.07) is 11.5. The highest BCUT2D eigenvalue weighted by Crippen LogP contribution is 2.32. The van der Waals surface area contributed by atoms with Gasteiger partial charge in [0.2, 0.25) is 0 Å². The van der Waals surface area contributed by atoms with E-state index >= 15 is 0 Å². The number of nitrogens with zero attached hydrogens (tertiary/aromatic N) is 1. The molecule has 0 amide bonds. The molecule has 0 saturated carbocycles. The second-order valence-corrected chi connectivity index (χ2v) is 7.57. The van der Waals surface area contributed by atoms with E-state index in [9.17, 15) is 22.8 Å². The molecule has 1 aliphatic heterocycles. The molecule has 1 aromatic heterocycles. The lowest BCUT2D eigenvalue weighted by molar-refractivity contribution is -0.137. The Kier molecular flexibility index (Phi) is 5.47. The molecule has 0 spiro atoms. The lowest BCUT2D eigenvalue weighted by atomic mass is 9.97. The number of rotatable bonds is 5. The SMILES string of the molecule is O=C(CCN1CCC(c2ccc(C(F)(F)F)cc2)C1)c1ccc2occc(=O)c2c1. The Hall–Kier alpha value is -2.93. The van der Waals surface area contributed by atoms with Crippen molar-refractivity contribution >= 4 is 16.8 Å². The Balaban J connectivity index is 1.35. The van der Waals surface area contributed by atoms with E-state index in [0.29, 0.717) is 36.0 Å². The van der Waals surface area contributed by atoms with Gasteiger partial charge in [0.05, 0.1) is 17.2 Å². The molecular formula is C23H20F3NO3. The normalized spacial score (nSPS) is 17.5. The van der Waals surface area contributed by atoms with Crippen molar-refractivity contribution in [3.8, 4) is 0 Å². The van der Waals surface area contributed by atoms with Gasteiger partial charge >= 0.3 is 6.18 Å². The van der Waals surface area contributed by atoms with Crippen molar-refractivity contribution < 1.29 is 22.4 Å². The number of halogens is 3. The second kappa shape index (κ2) is 8.07. The summed E-state index contributed by atoms with van der Waals surface area (Å²) in [7, 11) is 0. The summed E-state index contributed by atoms with van der Waals surface area (Å²) in [5.41, 5.74) is 0.969. The smallest absolute Gasteiger partial charge is 0.416 e. The van der Waals surface area contributed by atoms with Gasteiger partial charge in [0.1, 0.15) is 5.58 Å². The maximum absolute atomic E-state index is 12.7. The number of benzene rings is 2. The van der Waals surface area contributed by atoms with Crippen LogP contribution in [0.1, 0.15) is 40.2 Å². The van der Waals surface area contributed by atoms with Crippen molar-refractivity contribution in [3.63, 3.8) is 0 Å². The third-order valence-electron chi connectivity index (χ3n) is 5.62. The molecule has 156 valence electrons. The molecule has 0 N–H and O–H groups in total. The average Bonchev–Trinajstić information content (AvgIpc) is 3.21. The van der Waals surface area contributed by atoms with Gasteiger partial charge in [-0.05, 0) is 54.8 Å². The van der Waals surface area contributed by atoms with Crippen LogP contribution in [0.5, 0.6) is 0 Å². The molecule has 7 heteroatoms. The van der Waals surface area contributed by atoms with Gasteiger partial charge in [0.25, 0.3) is 0 Å². The highest BCUT2D eigenvalue weighted by atomic mass is 19.4. The van der Waals surface area contributed by atoms with E-state index in [1.54, 1.807) is 30.3 Å². The Morgan fingerprint density at radius 2 is 1.87 bits per heavy atom. The predicted octanol–water partition coefficient (Wildman–Crippen LogP) is 4.87. The number of fused-ring (bicyclic) bond motifs is 1. The van der Waals surface area contributed by atoms with Crippen molar-refractivity contribution in [1.29, 1.82) is 0 Å². The molecule has 3 aromatic rings. The molecular weight excluding hydrogens is 395 g/mol. The van der Waals surface area contributed by atoms with Crippen LogP contribution in [0.4, 0.5) is 13.2 Å². The van der Waals surface area contributed by atoms with E-state index < -0.39 is 11.7 Å². The predicted molar refractivity (Wildman–Crippen MR) is 107 cm³/mol. The second-order valence-electron chi connectivity index (χ2n) is 7.57. The molecule has 1 saturated heterocycles. The van der Waals surface area contributed by atoms with E-state index in [4.69, 9.17) is 4.42 Å². The number of hydrogen-bond acceptors (Lipinski definition) is 4. The van der Waals surface area contributed by atoms with E-state index in [1.165, 1.54) is 12.3 Å². The van der Waals surface area contributed by atoms with Gasteiger partial charge in [-0.15, -0.1) is 0 Å². The highest BCUT2D eigenvalue weighted by molar-refractivity contribution is 5.99. The zero-order chi connectivity index (χ0) is 21.3. The van der Waals surface area contributed by atoms with Crippen LogP contribution in [-0.4, -0.2) is 30.3 Å². The quantitative estimate of drug-likeness (QED) is 0.558. The lowest BCUT2D eigenvalue weighted by Crippen LogP contribution is -2.23. The number of alkyl halides is 3. The van der Waals surface area contributed by atoms with Crippen LogP contribution in [-0.2, 0) is 6.18 Å². The summed E-state index contributed by atoms with van der Waals surface area (Å²) >= 11 is 0. The van der Waals surface area contributed by atoms with Crippen LogP contribution in [0.15, 0.2) is 64.0 Å². The van der Waals surface area contributed by atoms with Gasteiger partial charge in [-0.3, -0.25) is 9.59 Å². The monoisotopic (exact) mass is 415 g/mol. The molecule has 4 rings (SSSR count). The van der Waals surface area contributed by atoms with Crippen molar-refractivity contribution in [2.24, 2.45) is 0 Å². The number of likely N-dealkylation sites (tertiary alicyclic amines) is 1. The molecule has 2 heterocycles. The Bertz CT molecular complexity index is 1120. The first-order valence-electron chi connectivity index (χ1n) is 9.75. The molecule has 0 radical (unpaired) electrons. The molecule has 0 bridgehead atoms. The summed E-state index contributed by atoms with van der Waals surface area (Å²) in [6.45, 7) is 2.07. The maximum Gasteiger partial charge on any atom is 0.416 e. The highest BCUT2D eigenvalue weighted by Gasteiger charge is 2.31. The molecule has 1 aliphatic rings. The summed E-state index contributed by atoms with van der Waals surface area (Å²) in [4.78, 5) is 26.6. The Labute approximate surface area is 170 Å². The van der Waals surface area contributed by atoms with Crippen LogP contribution in [0.3, 0.4) is 0 Å². The molecule has 0 aliphatic carbocycles. The van der Waals surface area contributed by atoms with E-state index in [0.717, 1.165) is 30.7 Å². The largest absolute Gasteiger partial charge is 0.464 e. The van der Waals surface area contributed by atoms with Crippen molar-refractivity contribution in [2.75, 3.05) is 19.6 Å². The number of carbonyl (C=O) groups is 1. The van der Waals surface area contributed by atoms with Crippen LogP contribution >= 0.6 is 0 Å². The molecule has 30 heavy (non-hydrogen) atoms. The van der Waals surface area contributed by atoms with Crippen molar-refractivity contribution in [2.45, 2.75) is 24.9 Å². The van der Waals surface area contributed by atoms with Gasteiger partial charge < -0.3 is 9.32 Å². The van der Waals surface area contributed by atoms with Crippen molar-refractivity contribution in [3.05, 3.63) is 81.7 Å². The number of ketones is 1. The fourth-order valence-corrected chi connectivity index (χ4v) is 3.91. The molecule has 2 aromatic carbocycles. The van der Waals surface area contributed by atoms with Crippen LogP contribution in [0.25, 0.3) is 11.0 Å². The summed E-state index contributed by atoms with van der Waals surface area (Å²) in [5.74, 6) is 0.103. The number of carbonyl (C=O) groups excluding carboxylic acids is 1. The summed E-state index contributed by atoms with van der Waals surface area (Å²) < 4.78 is 43.4. The Morgan fingerprint density at radius 3 is 2.60 bits per heavy atom. The molecule has 1 atom stereocenters. The molecule has 1 fully saturated rings. The average molecular weight is 415 g/mol. The number of hydrogen-bond donors (Lipinski definition) is 0. The van der Waals surface area contributed by atoms with Gasteiger partial charge in [-0.1, -0.05) is 12.1 Å². The molecule has 1 unspecified atom stereocenters. The van der Waals surface area contributed by atoms with E-state index in [1.807, 2.05) is 0 Å². The standard InChI is InChI=1S/C23H20F3NO3/c24-23(25,26)18-4-1-15(2-5-18)17-7-10-27(14-17)11-8-20(28)16-3-6-22-19(13-16)21(29)9-12-30-22/h1-6,9,12-13,17H,7-8,10-11,14H2. The van der Waals surface area contributed by atoms with Crippen LogP contribution < -0.4 is 5.43 Å². The first kappa shape index (κ1) is 20.3. The fraction of sp³-hybridized carbons (Fsp3) is 0.304. The minimum atomic E-state index is -4.33. The third kappa shape index (κ3) is 4.31. The van der Waals surface area contributed by atoms with Crippen molar-refractivity contribution in [1.82, 2.24) is 4.90 Å². The minimum absolute atomic E-state index is 0.0573. The molecule has 4 nitrogen and oxygen atoms in total. The summed E-state index contributed by atoms with van der Waals surface area (Å²) in [5, 5.41) is 0.381. The van der Waals surface area contributed by atoms with Gasteiger partial charge in [-0.25, -0.2) is 0 Å². The van der Waals surface area contributed by atoms with Gasteiger partial charge in [-0.2, -0.15) is 13.2 Å². The first-order valence-corrected chi connectivity index (χ1v) is 9.75. The zero-order valence-corrected chi connectivity index (χ0v) is 16.1. The van der Waals surface area contributed by atoms with Crippen LogP contribution in [0, 0.1) is 0 Å². The fourth-order valence-electron chi connectivity index (χ4n) is 3.91. The van der Waals surface area contributed by atoms with Crippen LogP contribution in [0.2, 0.25) is 0 Å². The maximum atomic E-state index is 12.7. The minimum Gasteiger partial charge on any atom is -0.464 e.